The van der Waals surface area contributed by atoms with Gasteiger partial charge in [-0.05, 0) is 37.4 Å². The minimum atomic E-state index is -0.101. The summed E-state index contributed by atoms with van der Waals surface area (Å²) in [6, 6.07) is 7.64. The molecular formula is C11H16N2OS. The lowest BCUT2D eigenvalue weighted by Gasteiger charge is -2.07. The molecule has 0 saturated heterocycles. The molecule has 15 heavy (non-hydrogen) atoms. The maximum Gasteiger partial charge on any atom is 0.225 e. The van der Waals surface area contributed by atoms with Crippen LogP contribution in [-0.4, -0.2) is 18.2 Å². The molecule has 1 amide bonds. The van der Waals surface area contributed by atoms with Crippen molar-refractivity contribution in [2.24, 2.45) is 5.73 Å². The number of anilines is 1. The van der Waals surface area contributed by atoms with Crippen LogP contribution in [0.5, 0.6) is 0 Å². The number of amides is 1. The Labute approximate surface area is 94.4 Å². The Balaban J connectivity index is 2.53. The van der Waals surface area contributed by atoms with E-state index in [0.29, 0.717) is 6.42 Å². The summed E-state index contributed by atoms with van der Waals surface area (Å²) >= 11 is 1.67. The first kappa shape index (κ1) is 12.1. The molecule has 0 saturated carbocycles. The summed E-state index contributed by atoms with van der Waals surface area (Å²) in [5.74, 6) is -0.0399. The first-order valence-corrected chi connectivity index (χ1v) is 6.04. The molecular weight excluding hydrogens is 208 g/mol. The molecule has 82 valence electrons. The van der Waals surface area contributed by atoms with E-state index in [1.807, 2.05) is 37.4 Å². The van der Waals surface area contributed by atoms with Crippen molar-refractivity contribution >= 4 is 23.4 Å². The van der Waals surface area contributed by atoms with Crippen LogP contribution in [-0.2, 0) is 4.79 Å². The van der Waals surface area contributed by atoms with Gasteiger partial charge in [0.15, 0.2) is 0 Å². The van der Waals surface area contributed by atoms with E-state index in [1.54, 1.807) is 11.8 Å². The molecule has 0 spiro atoms. The van der Waals surface area contributed by atoms with Gasteiger partial charge in [-0.15, -0.1) is 11.8 Å². The second-order valence-corrected chi connectivity index (χ2v) is 4.34. The van der Waals surface area contributed by atoms with Crippen molar-refractivity contribution in [3.05, 3.63) is 24.3 Å². The number of hydrogen-bond donors (Lipinski definition) is 2. The number of hydrogen-bond acceptors (Lipinski definition) is 3. The molecule has 0 aliphatic rings. The molecule has 1 unspecified atom stereocenters. The van der Waals surface area contributed by atoms with Crippen LogP contribution in [0, 0.1) is 0 Å². The van der Waals surface area contributed by atoms with Gasteiger partial charge in [-0.3, -0.25) is 4.79 Å². The fourth-order valence-corrected chi connectivity index (χ4v) is 1.59. The number of rotatable bonds is 4. The van der Waals surface area contributed by atoms with Crippen LogP contribution in [0.25, 0.3) is 0 Å². The monoisotopic (exact) mass is 224 g/mol. The Kier molecular flexibility index (Phi) is 4.65. The predicted molar refractivity (Wildman–Crippen MR) is 65.1 cm³/mol. The molecule has 0 bridgehead atoms. The van der Waals surface area contributed by atoms with Gasteiger partial charge in [0.2, 0.25) is 5.91 Å². The highest BCUT2D eigenvalue weighted by Gasteiger charge is 2.04. The third kappa shape index (κ3) is 4.36. The average Bonchev–Trinajstić information content (AvgIpc) is 2.17. The highest BCUT2D eigenvalue weighted by atomic mass is 32.2. The fourth-order valence-electron chi connectivity index (χ4n) is 1.18. The lowest BCUT2D eigenvalue weighted by molar-refractivity contribution is -0.116. The van der Waals surface area contributed by atoms with Crippen molar-refractivity contribution in [1.29, 1.82) is 0 Å². The second kappa shape index (κ2) is 5.78. The van der Waals surface area contributed by atoms with E-state index in [4.69, 9.17) is 5.73 Å². The standard InChI is InChI=1S/C11H16N2OS/c1-8(12)7-11(14)13-9-3-5-10(15-2)6-4-9/h3-6,8H,7,12H2,1-2H3,(H,13,14). The highest BCUT2D eigenvalue weighted by Crippen LogP contribution is 2.17. The molecule has 1 aromatic rings. The summed E-state index contributed by atoms with van der Waals surface area (Å²) in [4.78, 5) is 12.6. The number of thioether (sulfide) groups is 1. The Hall–Kier alpha value is -1.00. The minimum Gasteiger partial charge on any atom is -0.327 e. The topological polar surface area (TPSA) is 55.1 Å². The summed E-state index contributed by atoms with van der Waals surface area (Å²) in [6.45, 7) is 1.82. The molecule has 0 heterocycles. The Bertz CT molecular complexity index is 322. The van der Waals surface area contributed by atoms with Crippen LogP contribution in [0.1, 0.15) is 13.3 Å². The van der Waals surface area contributed by atoms with Crippen molar-refractivity contribution in [3.8, 4) is 0 Å². The van der Waals surface area contributed by atoms with E-state index in [-0.39, 0.29) is 11.9 Å². The third-order valence-corrected chi connectivity index (χ3v) is 2.62. The lowest BCUT2D eigenvalue weighted by atomic mass is 10.2. The van der Waals surface area contributed by atoms with Gasteiger partial charge >= 0.3 is 0 Å². The van der Waals surface area contributed by atoms with Crippen molar-refractivity contribution in [3.63, 3.8) is 0 Å². The summed E-state index contributed by atoms with van der Waals surface area (Å²) in [6.07, 6.45) is 2.37. The molecule has 0 fully saturated rings. The first-order chi connectivity index (χ1) is 7.11. The summed E-state index contributed by atoms with van der Waals surface area (Å²) in [5, 5.41) is 2.80. The molecule has 0 aliphatic heterocycles. The van der Waals surface area contributed by atoms with Gasteiger partial charge in [0.25, 0.3) is 0 Å². The Morgan fingerprint density at radius 3 is 2.53 bits per heavy atom. The van der Waals surface area contributed by atoms with Gasteiger partial charge in [-0.25, -0.2) is 0 Å². The number of nitrogens with one attached hydrogen (secondary N) is 1. The van der Waals surface area contributed by atoms with Crippen LogP contribution < -0.4 is 11.1 Å². The van der Waals surface area contributed by atoms with Crippen LogP contribution >= 0.6 is 11.8 Å². The minimum absolute atomic E-state index is 0.0399. The molecule has 1 rings (SSSR count). The largest absolute Gasteiger partial charge is 0.327 e. The van der Waals surface area contributed by atoms with E-state index in [2.05, 4.69) is 5.32 Å². The average molecular weight is 224 g/mol. The first-order valence-electron chi connectivity index (χ1n) is 4.81. The van der Waals surface area contributed by atoms with Crippen molar-refractivity contribution in [2.75, 3.05) is 11.6 Å². The SMILES string of the molecule is CSc1ccc(NC(=O)CC(C)N)cc1. The zero-order chi connectivity index (χ0) is 11.3. The van der Waals surface area contributed by atoms with Gasteiger partial charge in [0.05, 0.1) is 0 Å². The maximum atomic E-state index is 11.4. The van der Waals surface area contributed by atoms with E-state index >= 15 is 0 Å². The van der Waals surface area contributed by atoms with Gasteiger partial charge in [-0.2, -0.15) is 0 Å². The zero-order valence-electron chi connectivity index (χ0n) is 8.99. The normalized spacial score (nSPS) is 12.2. The van der Waals surface area contributed by atoms with Gasteiger partial charge in [0.1, 0.15) is 0 Å². The highest BCUT2D eigenvalue weighted by molar-refractivity contribution is 7.98. The second-order valence-electron chi connectivity index (χ2n) is 3.46. The molecule has 4 heteroatoms. The van der Waals surface area contributed by atoms with Crippen LogP contribution in [0.3, 0.4) is 0 Å². The molecule has 0 radical (unpaired) electrons. The maximum absolute atomic E-state index is 11.4. The fraction of sp³-hybridized carbons (Fsp3) is 0.364. The van der Waals surface area contributed by atoms with Crippen LogP contribution in [0.4, 0.5) is 5.69 Å². The third-order valence-electron chi connectivity index (χ3n) is 1.88. The van der Waals surface area contributed by atoms with Crippen molar-refractivity contribution in [1.82, 2.24) is 0 Å². The van der Waals surface area contributed by atoms with Crippen LogP contribution in [0.2, 0.25) is 0 Å². The molecule has 3 N–H and O–H groups in total. The quantitative estimate of drug-likeness (QED) is 0.770. The summed E-state index contributed by atoms with van der Waals surface area (Å²) < 4.78 is 0. The van der Waals surface area contributed by atoms with E-state index in [9.17, 15) is 4.79 Å². The van der Waals surface area contributed by atoms with Gasteiger partial charge in [-0.1, -0.05) is 0 Å². The molecule has 3 nitrogen and oxygen atoms in total. The Morgan fingerprint density at radius 2 is 2.07 bits per heavy atom. The van der Waals surface area contributed by atoms with E-state index in [0.717, 1.165) is 5.69 Å². The van der Waals surface area contributed by atoms with Gasteiger partial charge < -0.3 is 11.1 Å². The zero-order valence-corrected chi connectivity index (χ0v) is 9.80. The number of carbonyl (C=O) groups is 1. The number of benzene rings is 1. The van der Waals surface area contributed by atoms with Crippen molar-refractivity contribution < 1.29 is 4.79 Å². The smallest absolute Gasteiger partial charge is 0.225 e. The number of carbonyl (C=O) groups excluding carboxylic acids is 1. The molecule has 0 aliphatic carbocycles. The molecule has 0 aromatic heterocycles. The predicted octanol–water partition coefficient (Wildman–Crippen LogP) is 2.08. The number of nitrogens with two attached hydrogens (primary N) is 1. The molecule has 1 atom stereocenters. The van der Waals surface area contributed by atoms with Crippen LogP contribution in [0.15, 0.2) is 29.2 Å². The van der Waals surface area contributed by atoms with Gasteiger partial charge in [0, 0.05) is 23.0 Å². The summed E-state index contributed by atoms with van der Waals surface area (Å²) in [5.41, 5.74) is 6.35. The Morgan fingerprint density at radius 1 is 1.47 bits per heavy atom. The summed E-state index contributed by atoms with van der Waals surface area (Å²) in [7, 11) is 0. The molecule has 1 aromatic carbocycles. The van der Waals surface area contributed by atoms with E-state index in [1.165, 1.54) is 4.90 Å². The van der Waals surface area contributed by atoms with E-state index < -0.39 is 0 Å². The lowest BCUT2D eigenvalue weighted by Crippen LogP contribution is -2.23. The van der Waals surface area contributed by atoms with Crippen molar-refractivity contribution in [2.45, 2.75) is 24.3 Å².